The molecule has 0 aromatic carbocycles. The Balaban J connectivity index is 2.24. The number of nitrogens with zero attached hydrogens (tertiary/aromatic N) is 2. The van der Waals surface area contributed by atoms with Crippen molar-refractivity contribution in [1.82, 2.24) is 15.3 Å². The number of esters is 1. The van der Waals surface area contributed by atoms with E-state index in [1.165, 1.54) is 13.4 Å². The summed E-state index contributed by atoms with van der Waals surface area (Å²) < 4.78 is 4.70. The second-order valence-electron chi connectivity index (χ2n) is 4.15. The van der Waals surface area contributed by atoms with E-state index in [0.717, 1.165) is 11.3 Å². The highest BCUT2D eigenvalue weighted by Gasteiger charge is 2.23. The van der Waals surface area contributed by atoms with E-state index < -0.39 is 5.97 Å². The van der Waals surface area contributed by atoms with E-state index in [9.17, 15) is 4.79 Å². The fourth-order valence-electron chi connectivity index (χ4n) is 1.73. The van der Waals surface area contributed by atoms with Crippen LogP contribution in [0.4, 0.5) is 11.6 Å². The Morgan fingerprint density at radius 3 is 2.95 bits per heavy atom. The predicted molar refractivity (Wildman–Crippen MR) is 78.8 cm³/mol. The molecular formula is C12H15N5O2S. The van der Waals surface area contributed by atoms with Crippen LogP contribution in [0.3, 0.4) is 0 Å². The summed E-state index contributed by atoms with van der Waals surface area (Å²) in [7, 11) is 1.33. The van der Waals surface area contributed by atoms with E-state index in [1.54, 1.807) is 19.1 Å². The van der Waals surface area contributed by atoms with E-state index in [1.807, 2.05) is 0 Å². The van der Waals surface area contributed by atoms with E-state index in [0.29, 0.717) is 17.3 Å². The number of anilines is 2. The van der Waals surface area contributed by atoms with Crippen molar-refractivity contribution in [2.24, 2.45) is 0 Å². The minimum absolute atomic E-state index is 0.366. The van der Waals surface area contributed by atoms with Gasteiger partial charge in [-0.3, -0.25) is 0 Å². The zero-order chi connectivity index (χ0) is 14.7. The van der Waals surface area contributed by atoms with Gasteiger partial charge in [-0.05, 0) is 18.6 Å². The first-order chi connectivity index (χ1) is 9.51. The average Bonchev–Trinajstić information content (AvgIpc) is 2.41. The van der Waals surface area contributed by atoms with Crippen molar-refractivity contribution in [3.05, 3.63) is 35.4 Å². The lowest BCUT2D eigenvalue weighted by Gasteiger charge is -2.25. The number of thiol groups is 1. The Morgan fingerprint density at radius 2 is 2.30 bits per heavy atom. The highest BCUT2D eigenvalue weighted by Crippen LogP contribution is 2.21. The fraction of sp³-hybridized carbons (Fsp3) is 0.250. The molecule has 1 aliphatic heterocycles. The standard InChI is InChI=1S/C12H15N5O2S/c1-6-3-7(11(20)17-10(6)12(18)19-2)16-9-4-8(13)14-5-15-9/h3-5,11,17,20H,1-2H3,(H3,13,14,15,16). The molecule has 0 radical (unpaired) electrons. The van der Waals surface area contributed by atoms with Crippen molar-refractivity contribution < 1.29 is 9.53 Å². The molecule has 1 aromatic heterocycles. The quantitative estimate of drug-likeness (QED) is 0.479. The smallest absolute Gasteiger partial charge is 0.354 e. The normalized spacial score (nSPS) is 18.1. The summed E-state index contributed by atoms with van der Waals surface area (Å²) in [4.78, 5) is 19.4. The molecule has 1 atom stereocenters. The van der Waals surface area contributed by atoms with Crippen molar-refractivity contribution in [2.75, 3.05) is 18.2 Å². The van der Waals surface area contributed by atoms with Crippen LogP contribution >= 0.6 is 12.6 Å². The number of aromatic nitrogens is 2. The van der Waals surface area contributed by atoms with E-state index in [-0.39, 0.29) is 5.37 Å². The van der Waals surface area contributed by atoms with Gasteiger partial charge >= 0.3 is 5.97 Å². The number of methoxy groups -OCH3 is 1. The predicted octanol–water partition coefficient (Wildman–Crippen LogP) is 0.661. The zero-order valence-electron chi connectivity index (χ0n) is 11.0. The molecule has 8 heteroatoms. The number of carbonyl (C=O) groups excluding carboxylic acids is 1. The third kappa shape index (κ3) is 3.02. The van der Waals surface area contributed by atoms with Gasteiger partial charge in [0.2, 0.25) is 0 Å². The molecule has 2 rings (SSSR count). The van der Waals surface area contributed by atoms with Gasteiger partial charge in [-0.2, -0.15) is 0 Å². The molecule has 7 nitrogen and oxygen atoms in total. The Hall–Kier alpha value is -2.22. The molecule has 0 fully saturated rings. The molecular weight excluding hydrogens is 278 g/mol. The molecule has 0 saturated carbocycles. The summed E-state index contributed by atoms with van der Waals surface area (Å²) >= 11 is 4.39. The first-order valence-corrected chi connectivity index (χ1v) is 6.33. The number of nitrogens with one attached hydrogen (secondary N) is 2. The highest BCUT2D eigenvalue weighted by molar-refractivity contribution is 7.81. The lowest BCUT2D eigenvalue weighted by Crippen LogP contribution is -2.36. The van der Waals surface area contributed by atoms with Gasteiger partial charge in [0, 0.05) is 11.8 Å². The van der Waals surface area contributed by atoms with Crippen LogP contribution in [-0.2, 0) is 9.53 Å². The first-order valence-electron chi connectivity index (χ1n) is 5.81. The lowest BCUT2D eigenvalue weighted by molar-refractivity contribution is -0.136. The molecule has 2 heterocycles. The molecule has 106 valence electrons. The van der Waals surface area contributed by atoms with Crippen molar-refractivity contribution in [3.63, 3.8) is 0 Å². The van der Waals surface area contributed by atoms with Crippen molar-refractivity contribution in [2.45, 2.75) is 12.3 Å². The number of nitrogens with two attached hydrogens (primary N) is 1. The van der Waals surface area contributed by atoms with Crippen LogP contribution in [0.15, 0.2) is 35.4 Å². The van der Waals surface area contributed by atoms with Gasteiger partial charge in [0.15, 0.2) is 0 Å². The molecule has 0 saturated heterocycles. The molecule has 1 unspecified atom stereocenters. The summed E-state index contributed by atoms with van der Waals surface area (Å²) in [6, 6.07) is 1.61. The second-order valence-corrected chi connectivity index (χ2v) is 4.67. The zero-order valence-corrected chi connectivity index (χ0v) is 11.9. The van der Waals surface area contributed by atoms with E-state index in [4.69, 9.17) is 10.5 Å². The summed E-state index contributed by atoms with van der Waals surface area (Å²) in [6.45, 7) is 1.80. The largest absolute Gasteiger partial charge is 0.464 e. The van der Waals surface area contributed by atoms with E-state index in [2.05, 4.69) is 33.2 Å². The molecule has 4 N–H and O–H groups in total. The van der Waals surface area contributed by atoms with E-state index >= 15 is 0 Å². The van der Waals surface area contributed by atoms with Crippen LogP contribution < -0.4 is 16.4 Å². The Labute approximate surface area is 121 Å². The first kappa shape index (κ1) is 14.2. The Kier molecular flexibility index (Phi) is 4.14. The third-order valence-electron chi connectivity index (χ3n) is 2.69. The number of allylic oxidation sites excluding steroid dienone is 2. The van der Waals surface area contributed by atoms with Gasteiger partial charge in [-0.25, -0.2) is 14.8 Å². The molecule has 1 aliphatic rings. The molecule has 0 amide bonds. The summed E-state index contributed by atoms with van der Waals surface area (Å²) in [6.07, 6.45) is 3.17. The van der Waals surface area contributed by atoms with Crippen LogP contribution in [0.1, 0.15) is 6.92 Å². The van der Waals surface area contributed by atoms with Crippen LogP contribution in [0.2, 0.25) is 0 Å². The van der Waals surface area contributed by atoms with Crippen LogP contribution in [-0.4, -0.2) is 28.4 Å². The number of dihydropyridines is 1. The maximum Gasteiger partial charge on any atom is 0.354 e. The second kappa shape index (κ2) is 5.83. The number of hydrogen-bond acceptors (Lipinski definition) is 8. The molecule has 0 aliphatic carbocycles. The van der Waals surface area contributed by atoms with Crippen molar-refractivity contribution >= 4 is 30.2 Å². The summed E-state index contributed by atoms with van der Waals surface area (Å²) in [5.41, 5.74) is 7.47. The highest BCUT2D eigenvalue weighted by atomic mass is 32.1. The molecule has 1 aromatic rings. The van der Waals surface area contributed by atoms with Gasteiger partial charge in [-0.1, -0.05) is 0 Å². The molecule has 0 bridgehead atoms. The van der Waals surface area contributed by atoms with Crippen LogP contribution in [0.5, 0.6) is 0 Å². The van der Waals surface area contributed by atoms with Gasteiger partial charge in [0.1, 0.15) is 29.0 Å². The van der Waals surface area contributed by atoms with Gasteiger partial charge < -0.3 is 21.1 Å². The van der Waals surface area contributed by atoms with Gasteiger partial charge in [-0.15, -0.1) is 12.6 Å². The maximum atomic E-state index is 11.6. The van der Waals surface area contributed by atoms with Gasteiger partial charge in [0.05, 0.1) is 7.11 Å². The molecule has 0 spiro atoms. The number of rotatable bonds is 3. The number of hydrogen-bond donors (Lipinski definition) is 4. The fourth-order valence-corrected chi connectivity index (χ4v) is 2.00. The molecule has 20 heavy (non-hydrogen) atoms. The minimum Gasteiger partial charge on any atom is -0.464 e. The van der Waals surface area contributed by atoms with Crippen LogP contribution in [0, 0.1) is 0 Å². The SMILES string of the molecule is COC(=O)C1=C(C)C=C(Nc2cc(N)ncn2)C(S)N1. The van der Waals surface area contributed by atoms with Gasteiger partial charge in [0.25, 0.3) is 0 Å². The Morgan fingerprint density at radius 1 is 1.55 bits per heavy atom. The van der Waals surface area contributed by atoms with Crippen LogP contribution in [0.25, 0.3) is 0 Å². The number of ether oxygens (including phenoxy) is 1. The monoisotopic (exact) mass is 293 g/mol. The maximum absolute atomic E-state index is 11.6. The third-order valence-corrected chi connectivity index (χ3v) is 3.10. The summed E-state index contributed by atoms with van der Waals surface area (Å²) in [5, 5.41) is 5.66. The van der Waals surface area contributed by atoms with Crippen molar-refractivity contribution in [3.8, 4) is 0 Å². The Bertz CT molecular complexity index is 599. The minimum atomic E-state index is -0.428. The average molecular weight is 293 g/mol. The number of nitrogen functional groups attached to an aromatic ring is 1. The number of carbonyl (C=O) groups is 1. The summed E-state index contributed by atoms with van der Waals surface area (Å²) in [5.74, 6) is 0.493. The lowest BCUT2D eigenvalue weighted by atomic mass is 10.1. The van der Waals surface area contributed by atoms with Crippen molar-refractivity contribution in [1.29, 1.82) is 0 Å². The topological polar surface area (TPSA) is 102 Å².